The van der Waals surface area contributed by atoms with E-state index in [9.17, 15) is 4.79 Å². The van der Waals surface area contributed by atoms with E-state index < -0.39 is 0 Å². The lowest BCUT2D eigenvalue weighted by Crippen LogP contribution is -2.35. The molecule has 5 nitrogen and oxygen atoms in total. The van der Waals surface area contributed by atoms with Gasteiger partial charge in [-0.1, -0.05) is 23.7 Å². The van der Waals surface area contributed by atoms with Crippen LogP contribution in [0.3, 0.4) is 0 Å². The quantitative estimate of drug-likeness (QED) is 0.674. The summed E-state index contributed by atoms with van der Waals surface area (Å²) < 4.78 is 1.79. The molecule has 1 saturated heterocycles. The summed E-state index contributed by atoms with van der Waals surface area (Å²) in [6.45, 7) is 4.28. The molecular formula is C22H23ClN4O. The Labute approximate surface area is 170 Å². The van der Waals surface area contributed by atoms with E-state index in [0.717, 1.165) is 55.4 Å². The third-order valence-corrected chi connectivity index (χ3v) is 5.33. The Balaban J connectivity index is 1.37. The van der Waals surface area contributed by atoms with Crippen molar-refractivity contribution >= 4 is 17.5 Å². The Hall–Kier alpha value is -2.63. The van der Waals surface area contributed by atoms with Crippen molar-refractivity contribution in [2.24, 2.45) is 0 Å². The number of benzene rings is 2. The van der Waals surface area contributed by atoms with Crippen molar-refractivity contribution in [1.29, 1.82) is 0 Å². The smallest absolute Gasteiger partial charge is 0.253 e. The maximum Gasteiger partial charge on any atom is 0.253 e. The molecule has 0 unspecified atom stereocenters. The molecule has 1 aliphatic rings. The standard InChI is InChI=1S/C22H23ClN4O/c23-20-7-3-18(4-8-20)17-25-12-2-13-26(16-15-25)22(28)19-5-9-21(10-6-19)27-14-1-11-24-27/h1,3-11,14H,2,12-13,15-17H2. The minimum absolute atomic E-state index is 0.0976. The number of carbonyl (C=O) groups excluding carboxylic acids is 1. The fourth-order valence-electron chi connectivity index (χ4n) is 3.54. The lowest BCUT2D eigenvalue weighted by Gasteiger charge is -2.22. The zero-order valence-electron chi connectivity index (χ0n) is 15.7. The molecule has 0 bridgehead atoms. The fraction of sp³-hybridized carbons (Fsp3) is 0.273. The average Bonchev–Trinajstić information content (AvgIpc) is 3.16. The van der Waals surface area contributed by atoms with Gasteiger partial charge in [-0.2, -0.15) is 5.10 Å². The van der Waals surface area contributed by atoms with Crippen molar-refractivity contribution in [3.63, 3.8) is 0 Å². The molecule has 144 valence electrons. The third kappa shape index (κ3) is 4.43. The van der Waals surface area contributed by atoms with E-state index in [-0.39, 0.29) is 5.91 Å². The van der Waals surface area contributed by atoms with Crippen LogP contribution in [0.1, 0.15) is 22.3 Å². The maximum absolute atomic E-state index is 12.9. The van der Waals surface area contributed by atoms with Gasteiger partial charge in [-0.3, -0.25) is 9.69 Å². The summed E-state index contributed by atoms with van der Waals surface area (Å²) in [6, 6.07) is 17.5. The van der Waals surface area contributed by atoms with Crippen LogP contribution in [-0.4, -0.2) is 51.7 Å². The zero-order valence-corrected chi connectivity index (χ0v) is 16.4. The second-order valence-electron chi connectivity index (χ2n) is 7.05. The van der Waals surface area contributed by atoms with Gasteiger partial charge in [-0.15, -0.1) is 0 Å². The van der Waals surface area contributed by atoms with Crippen molar-refractivity contribution in [1.82, 2.24) is 19.6 Å². The van der Waals surface area contributed by atoms with Gasteiger partial charge in [-0.05, 0) is 54.4 Å². The molecule has 0 radical (unpaired) electrons. The topological polar surface area (TPSA) is 41.4 Å². The first kappa shape index (κ1) is 18.7. The number of rotatable bonds is 4. The van der Waals surface area contributed by atoms with Crippen LogP contribution in [0.2, 0.25) is 5.02 Å². The van der Waals surface area contributed by atoms with Gasteiger partial charge in [0, 0.05) is 55.7 Å². The maximum atomic E-state index is 12.9. The summed E-state index contributed by atoms with van der Waals surface area (Å²) in [6.07, 6.45) is 4.61. The summed E-state index contributed by atoms with van der Waals surface area (Å²) in [5, 5.41) is 4.98. The molecule has 0 aliphatic carbocycles. The van der Waals surface area contributed by atoms with Gasteiger partial charge in [-0.25, -0.2) is 4.68 Å². The Kier molecular flexibility index (Phi) is 5.74. The molecule has 0 saturated carbocycles. The first-order chi connectivity index (χ1) is 13.7. The van der Waals surface area contributed by atoms with Crippen molar-refractivity contribution in [3.8, 4) is 5.69 Å². The van der Waals surface area contributed by atoms with E-state index in [1.807, 2.05) is 53.6 Å². The molecular weight excluding hydrogens is 372 g/mol. The second-order valence-corrected chi connectivity index (χ2v) is 7.48. The van der Waals surface area contributed by atoms with Gasteiger partial charge in [0.25, 0.3) is 5.91 Å². The van der Waals surface area contributed by atoms with E-state index in [2.05, 4.69) is 22.1 Å². The molecule has 1 amide bonds. The highest BCUT2D eigenvalue weighted by Gasteiger charge is 2.20. The Bertz CT molecular complexity index is 907. The number of amides is 1. The molecule has 3 aromatic rings. The SMILES string of the molecule is O=C(c1ccc(-n2cccn2)cc1)N1CCCN(Cc2ccc(Cl)cc2)CC1. The number of nitrogens with zero attached hydrogens (tertiary/aromatic N) is 4. The first-order valence-corrected chi connectivity index (χ1v) is 9.93. The molecule has 4 rings (SSSR count). The summed E-state index contributed by atoms with van der Waals surface area (Å²) in [7, 11) is 0. The third-order valence-electron chi connectivity index (χ3n) is 5.08. The van der Waals surface area contributed by atoms with Crippen LogP contribution >= 0.6 is 11.6 Å². The molecule has 0 N–H and O–H groups in total. The molecule has 2 heterocycles. The van der Waals surface area contributed by atoms with Gasteiger partial charge in [0.05, 0.1) is 5.69 Å². The van der Waals surface area contributed by atoms with Crippen LogP contribution in [0.4, 0.5) is 0 Å². The van der Waals surface area contributed by atoms with Crippen molar-refractivity contribution in [2.75, 3.05) is 26.2 Å². The molecule has 1 aliphatic heterocycles. The summed E-state index contributed by atoms with van der Waals surface area (Å²) in [4.78, 5) is 17.3. The molecule has 1 fully saturated rings. The van der Waals surface area contributed by atoms with Crippen molar-refractivity contribution in [3.05, 3.63) is 83.1 Å². The van der Waals surface area contributed by atoms with Crippen LogP contribution < -0.4 is 0 Å². The van der Waals surface area contributed by atoms with Gasteiger partial charge >= 0.3 is 0 Å². The predicted octanol–water partition coefficient (Wildman–Crippen LogP) is 3.87. The van der Waals surface area contributed by atoms with Gasteiger partial charge in [0.15, 0.2) is 0 Å². The largest absolute Gasteiger partial charge is 0.337 e. The normalized spacial score (nSPS) is 15.4. The van der Waals surface area contributed by atoms with Crippen LogP contribution in [0.15, 0.2) is 67.0 Å². The Morgan fingerprint density at radius 2 is 1.75 bits per heavy atom. The Morgan fingerprint density at radius 1 is 0.964 bits per heavy atom. The predicted molar refractivity (Wildman–Crippen MR) is 111 cm³/mol. The number of aromatic nitrogens is 2. The van der Waals surface area contributed by atoms with Gasteiger partial charge in [0.2, 0.25) is 0 Å². The van der Waals surface area contributed by atoms with Crippen LogP contribution in [-0.2, 0) is 6.54 Å². The number of hydrogen-bond acceptors (Lipinski definition) is 3. The van der Waals surface area contributed by atoms with E-state index >= 15 is 0 Å². The van der Waals surface area contributed by atoms with Crippen LogP contribution in [0.25, 0.3) is 5.69 Å². The molecule has 28 heavy (non-hydrogen) atoms. The van der Waals surface area contributed by atoms with Crippen LogP contribution in [0.5, 0.6) is 0 Å². The lowest BCUT2D eigenvalue weighted by molar-refractivity contribution is 0.0761. The molecule has 0 spiro atoms. The summed E-state index contributed by atoms with van der Waals surface area (Å²) in [5.41, 5.74) is 2.92. The number of halogens is 1. The number of hydrogen-bond donors (Lipinski definition) is 0. The molecule has 6 heteroatoms. The second kappa shape index (κ2) is 8.59. The number of carbonyl (C=O) groups is 1. The minimum atomic E-state index is 0.0976. The highest BCUT2D eigenvalue weighted by atomic mass is 35.5. The van der Waals surface area contributed by atoms with E-state index in [0.29, 0.717) is 0 Å². The van der Waals surface area contributed by atoms with Gasteiger partial charge < -0.3 is 4.90 Å². The highest BCUT2D eigenvalue weighted by molar-refractivity contribution is 6.30. The zero-order chi connectivity index (χ0) is 19.3. The van der Waals surface area contributed by atoms with Crippen molar-refractivity contribution in [2.45, 2.75) is 13.0 Å². The van der Waals surface area contributed by atoms with Gasteiger partial charge in [0.1, 0.15) is 0 Å². The molecule has 0 atom stereocenters. The summed E-state index contributed by atoms with van der Waals surface area (Å²) in [5.74, 6) is 0.0976. The van der Waals surface area contributed by atoms with E-state index in [4.69, 9.17) is 11.6 Å². The minimum Gasteiger partial charge on any atom is -0.337 e. The average molecular weight is 395 g/mol. The molecule has 2 aromatic carbocycles. The highest BCUT2D eigenvalue weighted by Crippen LogP contribution is 2.15. The Morgan fingerprint density at radius 3 is 2.46 bits per heavy atom. The van der Waals surface area contributed by atoms with Crippen molar-refractivity contribution < 1.29 is 4.79 Å². The fourth-order valence-corrected chi connectivity index (χ4v) is 3.67. The van der Waals surface area contributed by atoms with E-state index in [1.165, 1.54) is 5.56 Å². The van der Waals surface area contributed by atoms with E-state index in [1.54, 1.807) is 10.9 Å². The molecule has 1 aromatic heterocycles. The monoisotopic (exact) mass is 394 g/mol. The lowest BCUT2D eigenvalue weighted by atomic mass is 10.1. The first-order valence-electron chi connectivity index (χ1n) is 9.55. The summed E-state index contributed by atoms with van der Waals surface area (Å²) >= 11 is 5.97. The van der Waals surface area contributed by atoms with Crippen LogP contribution in [0, 0.1) is 0 Å².